The molecule has 0 unspecified atom stereocenters. The van der Waals surface area contributed by atoms with Gasteiger partial charge in [-0.2, -0.15) is 0 Å². The maximum absolute atomic E-state index is 11.9. The molecule has 1 aromatic carbocycles. The molecule has 0 aliphatic carbocycles. The molecule has 1 aliphatic rings. The number of hydrogen-bond donors (Lipinski definition) is 0. The molecule has 1 aromatic rings. The Labute approximate surface area is 139 Å². The lowest BCUT2D eigenvalue weighted by molar-refractivity contribution is -0.121. The van der Waals surface area contributed by atoms with Crippen LogP contribution in [-0.4, -0.2) is 34.8 Å². The van der Waals surface area contributed by atoms with E-state index in [9.17, 15) is 9.59 Å². The third kappa shape index (κ3) is 3.96. The molecule has 22 heavy (non-hydrogen) atoms. The second kappa shape index (κ2) is 7.56. The number of benzene rings is 1. The lowest BCUT2D eigenvalue weighted by Gasteiger charge is -2.04. The summed E-state index contributed by atoms with van der Waals surface area (Å²) in [4.78, 5) is 25.7. The molecule has 0 N–H and O–H groups in total. The number of esters is 1. The first-order chi connectivity index (χ1) is 10.5. The van der Waals surface area contributed by atoms with E-state index in [0.717, 1.165) is 18.4 Å². The summed E-state index contributed by atoms with van der Waals surface area (Å²) in [7, 11) is 1.66. The molecule has 4 nitrogen and oxygen atoms in total. The molecule has 1 amide bonds. The monoisotopic (exact) mass is 335 g/mol. The summed E-state index contributed by atoms with van der Waals surface area (Å²) >= 11 is 6.36. The number of thiocarbonyl (C=S) groups is 1. The molecule has 0 saturated carbocycles. The van der Waals surface area contributed by atoms with Crippen LogP contribution in [-0.2, 0) is 9.53 Å². The lowest BCUT2D eigenvalue weighted by atomic mass is 10.1. The van der Waals surface area contributed by atoms with Crippen LogP contribution in [0, 0.1) is 0 Å². The summed E-state index contributed by atoms with van der Waals surface area (Å²) in [6, 6.07) is 6.98. The van der Waals surface area contributed by atoms with Crippen molar-refractivity contribution in [2.75, 3.05) is 13.7 Å². The van der Waals surface area contributed by atoms with Gasteiger partial charge in [0.15, 0.2) is 0 Å². The highest BCUT2D eigenvalue weighted by Gasteiger charge is 2.28. The van der Waals surface area contributed by atoms with Gasteiger partial charge in [0.2, 0.25) is 0 Å². The molecule has 0 aromatic heterocycles. The Bertz CT molecular complexity index is 623. The molecule has 116 valence electrons. The number of rotatable bonds is 5. The Kier molecular flexibility index (Phi) is 5.74. The number of thioether (sulfide) groups is 1. The fraction of sp³-hybridized carbons (Fsp3) is 0.312. The third-order valence-electron chi connectivity index (χ3n) is 3.16. The number of hydrogen-bond acceptors (Lipinski definition) is 5. The first-order valence-corrected chi connectivity index (χ1v) is 8.24. The van der Waals surface area contributed by atoms with Gasteiger partial charge in [0.1, 0.15) is 4.32 Å². The lowest BCUT2D eigenvalue weighted by Crippen LogP contribution is -2.22. The van der Waals surface area contributed by atoms with Gasteiger partial charge in [-0.1, -0.05) is 49.5 Å². The van der Waals surface area contributed by atoms with E-state index in [0.29, 0.717) is 21.4 Å². The van der Waals surface area contributed by atoms with Crippen LogP contribution in [0.5, 0.6) is 0 Å². The van der Waals surface area contributed by atoms with Gasteiger partial charge in [0.05, 0.1) is 17.1 Å². The number of nitrogens with zero attached hydrogens (tertiary/aromatic N) is 1. The standard InChI is InChI=1S/C16H17NO3S2/c1-3-4-9-20-15(19)12-7-5-11(6-8-12)10-13-14(18)17(2)16(21)22-13/h5-8,10H,3-4,9H2,1-2H3. The van der Waals surface area contributed by atoms with Gasteiger partial charge in [-0.05, 0) is 30.2 Å². The van der Waals surface area contributed by atoms with E-state index in [1.807, 2.05) is 6.92 Å². The predicted octanol–water partition coefficient (Wildman–Crippen LogP) is 3.47. The molecule has 0 bridgehead atoms. The van der Waals surface area contributed by atoms with Crippen molar-refractivity contribution in [3.05, 3.63) is 40.3 Å². The molecule has 2 rings (SSSR count). The van der Waals surface area contributed by atoms with E-state index in [-0.39, 0.29) is 11.9 Å². The van der Waals surface area contributed by atoms with Crippen molar-refractivity contribution in [1.82, 2.24) is 4.90 Å². The molecule has 0 atom stereocenters. The number of carbonyl (C=O) groups excluding carboxylic acids is 2. The number of ether oxygens (including phenoxy) is 1. The Morgan fingerprint density at radius 3 is 2.59 bits per heavy atom. The van der Waals surface area contributed by atoms with E-state index >= 15 is 0 Å². The van der Waals surface area contributed by atoms with Gasteiger partial charge in [-0.25, -0.2) is 4.79 Å². The van der Waals surface area contributed by atoms with E-state index in [1.165, 1.54) is 16.7 Å². The predicted molar refractivity (Wildman–Crippen MR) is 92.6 cm³/mol. The second-order valence-corrected chi connectivity index (χ2v) is 6.53. The minimum absolute atomic E-state index is 0.0990. The van der Waals surface area contributed by atoms with E-state index in [1.54, 1.807) is 37.4 Å². The average Bonchev–Trinajstić information content (AvgIpc) is 2.75. The van der Waals surface area contributed by atoms with Crippen molar-refractivity contribution < 1.29 is 14.3 Å². The quantitative estimate of drug-likeness (QED) is 0.357. The Morgan fingerprint density at radius 2 is 2.05 bits per heavy atom. The van der Waals surface area contributed by atoms with Gasteiger partial charge in [-0.3, -0.25) is 9.69 Å². The van der Waals surface area contributed by atoms with Crippen molar-refractivity contribution >= 4 is 46.3 Å². The molecule has 0 spiro atoms. The van der Waals surface area contributed by atoms with Crippen LogP contribution >= 0.6 is 24.0 Å². The summed E-state index contributed by atoms with van der Waals surface area (Å²) in [5.74, 6) is -0.419. The summed E-state index contributed by atoms with van der Waals surface area (Å²) in [5.41, 5.74) is 1.36. The van der Waals surface area contributed by atoms with Gasteiger partial charge < -0.3 is 4.74 Å². The first-order valence-electron chi connectivity index (χ1n) is 7.01. The molecule has 6 heteroatoms. The van der Waals surface area contributed by atoms with Gasteiger partial charge >= 0.3 is 5.97 Å². The Balaban J connectivity index is 2.05. The molecule has 1 aliphatic heterocycles. The molecule has 1 heterocycles. The van der Waals surface area contributed by atoms with Crippen molar-refractivity contribution in [3.8, 4) is 0 Å². The molecule has 1 fully saturated rings. The van der Waals surface area contributed by atoms with Crippen LogP contribution in [0.15, 0.2) is 29.2 Å². The molecule has 0 radical (unpaired) electrons. The van der Waals surface area contributed by atoms with Crippen molar-refractivity contribution in [2.24, 2.45) is 0 Å². The fourth-order valence-corrected chi connectivity index (χ4v) is 2.98. The van der Waals surface area contributed by atoms with Crippen LogP contribution in [0.3, 0.4) is 0 Å². The minimum Gasteiger partial charge on any atom is -0.462 e. The van der Waals surface area contributed by atoms with E-state index in [2.05, 4.69) is 0 Å². The summed E-state index contributed by atoms with van der Waals surface area (Å²) in [6.07, 6.45) is 3.62. The second-order valence-electron chi connectivity index (χ2n) is 4.85. The highest BCUT2D eigenvalue weighted by molar-refractivity contribution is 8.26. The maximum atomic E-state index is 11.9. The largest absolute Gasteiger partial charge is 0.462 e. The van der Waals surface area contributed by atoms with Crippen molar-refractivity contribution in [2.45, 2.75) is 19.8 Å². The number of carbonyl (C=O) groups is 2. The van der Waals surface area contributed by atoms with Crippen LogP contribution in [0.1, 0.15) is 35.7 Å². The van der Waals surface area contributed by atoms with Gasteiger partial charge in [0.25, 0.3) is 5.91 Å². The van der Waals surface area contributed by atoms with Crippen LogP contribution in [0.25, 0.3) is 6.08 Å². The highest BCUT2D eigenvalue weighted by Crippen LogP contribution is 2.31. The summed E-state index contributed by atoms with van der Waals surface area (Å²) in [5, 5.41) is 0. The van der Waals surface area contributed by atoms with E-state index < -0.39 is 0 Å². The topological polar surface area (TPSA) is 46.6 Å². The van der Waals surface area contributed by atoms with Crippen LogP contribution < -0.4 is 0 Å². The number of likely N-dealkylation sites (N-methyl/N-ethyl adjacent to an activating group) is 1. The third-order valence-corrected chi connectivity index (χ3v) is 4.65. The number of amides is 1. The Hall–Kier alpha value is -1.66. The van der Waals surface area contributed by atoms with Crippen molar-refractivity contribution in [3.63, 3.8) is 0 Å². The number of unbranched alkanes of at least 4 members (excludes halogenated alkanes) is 1. The molecular weight excluding hydrogens is 318 g/mol. The first kappa shape index (κ1) is 16.7. The zero-order chi connectivity index (χ0) is 16.1. The minimum atomic E-state index is -0.320. The normalized spacial score (nSPS) is 16.5. The smallest absolute Gasteiger partial charge is 0.338 e. The fourth-order valence-electron chi connectivity index (χ4n) is 1.80. The zero-order valence-electron chi connectivity index (χ0n) is 12.5. The molecule has 1 saturated heterocycles. The molecular formula is C16H17NO3S2. The SMILES string of the molecule is CCCCOC(=O)c1ccc(C=C2SC(=S)N(C)C2=O)cc1. The van der Waals surface area contributed by atoms with Gasteiger partial charge in [0, 0.05) is 7.05 Å². The summed E-state index contributed by atoms with van der Waals surface area (Å²) < 4.78 is 5.70. The average molecular weight is 335 g/mol. The van der Waals surface area contributed by atoms with Crippen LogP contribution in [0.2, 0.25) is 0 Å². The highest BCUT2D eigenvalue weighted by atomic mass is 32.2. The van der Waals surface area contributed by atoms with Crippen LogP contribution in [0.4, 0.5) is 0 Å². The summed E-state index contributed by atoms with van der Waals surface area (Å²) in [6.45, 7) is 2.48. The zero-order valence-corrected chi connectivity index (χ0v) is 14.1. The van der Waals surface area contributed by atoms with E-state index in [4.69, 9.17) is 17.0 Å². The van der Waals surface area contributed by atoms with Gasteiger partial charge in [-0.15, -0.1) is 0 Å². The maximum Gasteiger partial charge on any atom is 0.338 e. The van der Waals surface area contributed by atoms with Crippen molar-refractivity contribution in [1.29, 1.82) is 0 Å². The Morgan fingerprint density at radius 1 is 1.36 bits per heavy atom.